The Balaban J connectivity index is 2.11. The molecule has 2 N–H and O–H groups in total. The molecule has 1 aromatic heterocycles. The van der Waals surface area contributed by atoms with Gasteiger partial charge < -0.3 is 5.11 Å². The Bertz CT molecular complexity index is 982. The number of hydrogen-bond donors (Lipinski definition) is 2. The molecule has 3 rings (SSSR count). The number of anilines is 1. The molecule has 0 spiro atoms. The van der Waals surface area contributed by atoms with Crippen molar-refractivity contribution in [3.63, 3.8) is 0 Å². The Labute approximate surface area is 147 Å². The fourth-order valence-electron chi connectivity index (χ4n) is 2.28. The van der Waals surface area contributed by atoms with Gasteiger partial charge in [0, 0.05) is 28.7 Å². The summed E-state index contributed by atoms with van der Waals surface area (Å²) in [5, 5.41) is 13.5. The zero-order valence-electron chi connectivity index (χ0n) is 12.6. The van der Waals surface area contributed by atoms with E-state index in [1.165, 1.54) is 36.6 Å². The number of thiazole rings is 1. The van der Waals surface area contributed by atoms with Crippen molar-refractivity contribution >= 4 is 49.8 Å². The number of aliphatic hydroxyl groups is 1. The van der Waals surface area contributed by atoms with E-state index in [9.17, 15) is 18.3 Å². The van der Waals surface area contributed by atoms with E-state index >= 15 is 0 Å². The number of nitrogens with zero attached hydrogens (tertiary/aromatic N) is 2. The largest absolute Gasteiger partial charge is 0.505 e. The Morgan fingerprint density at radius 2 is 2.12 bits per heavy atom. The van der Waals surface area contributed by atoms with Gasteiger partial charge in [-0.1, -0.05) is 11.6 Å². The maximum atomic E-state index is 12.6. The van der Waals surface area contributed by atoms with E-state index in [0.717, 1.165) is 9.18 Å². The molecule has 1 aromatic carbocycles. The number of hydrogen-bond acceptors (Lipinski definition) is 6. The van der Waals surface area contributed by atoms with Gasteiger partial charge in [-0.3, -0.25) is 14.4 Å². The molecule has 2 aromatic rings. The lowest BCUT2D eigenvalue weighted by Crippen LogP contribution is -2.37. The number of aromatic nitrogens is 1. The van der Waals surface area contributed by atoms with Gasteiger partial charge in [-0.15, -0.1) is 11.3 Å². The highest BCUT2D eigenvalue weighted by atomic mass is 35.5. The van der Waals surface area contributed by atoms with Crippen molar-refractivity contribution < 1.29 is 18.3 Å². The number of aryl methyl sites for hydroxylation is 1. The topological polar surface area (TPSA) is 99.6 Å². The first-order valence-electron chi connectivity index (χ1n) is 6.67. The SMILES string of the molecule is Cc1cnc(NC(=O)C2=C(O)c3cc(Cl)ccc3S(=O)(=O)N2C)s1. The van der Waals surface area contributed by atoms with Crippen LogP contribution in [-0.4, -0.2) is 35.8 Å². The van der Waals surface area contributed by atoms with E-state index in [0.29, 0.717) is 5.13 Å². The molecule has 1 aliphatic heterocycles. The molecular formula is C14H12ClN3O4S2. The van der Waals surface area contributed by atoms with Gasteiger partial charge in [0.1, 0.15) is 0 Å². The minimum absolute atomic E-state index is 0.0129. The van der Waals surface area contributed by atoms with Gasteiger partial charge >= 0.3 is 0 Å². The first-order valence-corrected chi connectivity index (χ1v) is 9.31. The van der Waals surface area contributed by atoms with Crippen LogP contribution in [0.3, 0.4) is 0 Å². The minimum atomic E-state index is -3.97. The predicted molar refractivity (Wildman–Crippen MR) is 91.4 cm³/mol. The smallest absolute Gasteiger partial charge is 0.278 e. The van der Waals surface area contributed by atoms with Gasteiger partial charge in [0.2, 0.25) is 0 Å². The van der Waals surface area contributed by atoms with E-state index in [1.54, 1.807) is 6.20 Å². The Hall–Kier alpha value is -2.10. The van der Waals surface area contributed by atoms with Crippen molar-refractivity contribution in [1.82, 2.24) is 9.29 Å². The van der Waals surface area contributed by atoms with Crippen molar-refractivity contribution in [3.05, 3.63) is 45.6 Å². The molecular weight excluding hydrogens is 374 g/mol. The van der Waals surface area contributed by atoms with E-state index in [-0.39, 0.29) is 15.5 Å². The molecule has 0 saturated heterocycles. The van der Waals surface area contributed by atoms with E-state index in [2.05, 4.69) is 10.3 Å². The summed E-state index contributed by atoms with van der Waals surface area (Å²) >= 11 is 7.11. The summed E-state index contributed by atoms with van der Waals surface area (Å²) in [6.45, 7) is 1.82. The third kappa shape index (κ3) is 2.64. The normalized spacial score (nSPS) is 16.0. The first-order chi connectivity index (χ1) is 11.2. The number of likely N-dealkylation sites (N-methyl/N-ethyl adjacent to an activating group) is 1. The molecule has 0 saturated carbocycles. The number of benzene rings is 1. The molecule has 0 aliphatic carbocycles. The maximum absolute atomic E-state index is 12.6. The number of halogens is 1. The highest BCUT2D eigenvalue weighted by molar-refractivity contribution is 7.89. The van der Waals surface area contributed by atoms with Crippen LogP contribution in [-0.2, 0) is 14.8 Å². The molecule has 7 nitrogen and oxygen atoms in total. The molecule has 10 heteroatoms. The lowest BCUT2D eigenvalue weighted by molar-refractivity contribution is -0.113. The van der Waals surface area contributed by atoms with Crippen LogP contribution in [0.1, 0.15) is 10.4 Å². The van der Waals surface area contributed by atoms with Crippen LogP contribution < -0.4 is 5.32 Å². The second kappa shape index (κ2) is 5.76. The molecule has 0 unspecified atom stereocenters. The second-order valence-electron chi connectivity index (χ2n) is 5.04. The van der Waals surface area contributed by atoms with Gasteiger partial charge in [0.15, 0.2) is 16.6 Å². The van der Waals surface area contributed by atoms with Gasteiger partial charge in [0.25, 0.3) is 15.9 Å². The van der Waals surface area contributed by atoms with Crippen LogP contribution >= 0.6 is 22.9 Å². The monoisotopic (exact) mass is 385 g/mol. The second-order valence-corrected chi connectivity index (χ2v) is 8.65. The molecule has 0 bridgehead atoms. The quantitative estimate of drug-likeness (QED) is 0.827. The van der Waals surface area contributed by atoms with Crippen LogP contribution in [0.25, 0.3) is 5.76 Å². The van der Waals surface area contributed by atoms with Crippen LogP contribution in [0.5, 0.6) is 0 Å². The van der Waals surface area contributed by atoms with Crippen LogP contribution in [0.2, 0.25) is 5.02 Å². The molecule has 1 aliphatic rings. The number of nitrogens with one attached hydrogen (secondary N) is 1. The van der Waals surface area contributed by atoms with Crippen molar-refractivity contribution in [1.29, 1.82) is 0 Å². The van der Waals surface area contributed by atoms with Gasteiger partial charge in [0.05, 0.1) is 4.90 Å². The van der Waals surface area contributed by atoms with Crippen molar-refractivity contribution in [2.75, 3.05) is 12.4 Å². The van der Waals surface area contributed by atoms with Crippen molar-refractivity contribution in [2.45, 2.75) is 11.8 Å². The number of fused-ring (bicyclic) bond motifs is 1. The summed E-state index contributed by atoms with van der Waals surface area (Å²) < 4.78 is 25.9. The number of aliphatic hydroxyl groups excluding tert-OH is 1. The number of carbonyl (C=O) groups is 1. The van der Waals surface area contributed by atoms with Crippen LogP contribution in [0.15, 0.2) is 35.0 Å². The predicted octanol–water partition coefficient (Wildman–Crippen LogP) is 2.60. The maximum Gasteiger partial charge on any atom is 0.278 e. The van der Waals surface area contributed by atoms with E-state index in [4.69, 9.17) is 11.6 Å². The first kappa shape index (κ1) is 16.7. The third-order valence-electron chi connectivity index (χ3n) is 3.43. The van der Waals surface area contributed by atoms with Gasteiger partial charge in [-0.05, 0) is 25.1 Å². The average Bonchev–Trinajstić information content (AvgIpc) is 2.90. The Morgan fingerprint density at radius 3 is 2.75 bits per heavy atom. The third-order valence-corrected chi connectivity index (χ3v) is 6.31. The number of rotatable bonds is 2. The zero-order valence-corrected chi connectivity index (χ0v) is 15.0. The summed E-state index contributed by atoms with van der Waals surface area (Å²) in [7, 11) is -2.77. The average molecular weight is 386 g/mol. The number of amides is 1. The molecule has 0 atom stereocenters. The lowest BCUT2D eigenvalue weighted by atomic mass is 10.1. The molecule has 24 heavy (non-hydrogen) atoms. The molecule has 126 valence electrons. The van der Waals surface area contributed by atoms with Gasteiger partial charge in [-0.2, -0.15) is 0 Å². The van der Waals surface area contributed by atoms with Gasteiger partial charge in [-0.25, -0.2) is 13.4 Å². The number of sulfonamides is 1. The summed E-state index contributed by atoms with van der Waals surface area (Å²) in [6.07, 6.45) is 1.57. The minimum Gasteiger partial charge on any atom is -0.505 e. The Kier molecular flexibility index (Phi) is 4.02. The fourth-order valence-corrected chi connectivity index (χ4v) is 4.49. The van der Waals surface area contributed by atoms with Crippen molar-refractivity contribution in [2.24, 2.45) is 0 Å². The van der Waals surface area contributed by atoms with Crippen molar-refractivity contribution in [3.8, 4) is 0 Å². The molecule has 1 amide bonds. The summed E-state index contributed by atoms with van der Waals surface area (Å²) in [6, 6.07) is 4.00. The standard InChI is InChI=1S/C14H12ClN3O4S2/c1-7-6-16-14(23-7)17-13(20)11-12(19)9-5-8(15)3-4-10(9)24(21,22)18(11)2/h3-6,19H,1-2H3,(H,16,17,20). The fraction of sp³-hybridized carbons (Fsp3) is 0.143. The molecule has 0 fully saturated rings. The highest BCUT2D eigenvalue weighted by Crippen LogP contribution is 2.36. The summed E-state index contributed by atoms with van der Waals surface area (Å²) in [4.78, 5) is 17.2. The molecule has 2 heterocycles. The van der Waals surface area contributed by atoms with E-state index in [1.807, 2.05) is 6.92 Å². The van der Waals surface area contributed by atoms with Crippen LogP contribution in [0, 0.1) is 6.92 Å². The lowest BCUT2D eigenvalue weighted by Gasteiger charge is -2.28. The Morgan fingerprint density at radius 1 is 1.42 bits per heavy atom. The zero-order chi connectivity index (χ0) is 17.6. The number of carbonyl (C=O) groups excluding carboxylic acids is 1. The van der Waals surface area contributed by atoms with E-state index < -0.39 is 27.4 Å². The molecule has 0 radical (unpaired) electrons. The highest BCUT2D eigenvalue weighted by Gasteiger charge is 2.38. The summed E-state index contributed by atoms with van der Waals surface area (Å²) in [5.74, 6) is -1.24. The van der Waals surface area contributed by atoms with Crippen LogP contribution in [0.4, 0.5) is 5.13 Å². The summed E-state index contributed by atoms with van der Waals surface area (Å²) in [5.41, 5.74) is -0.404.